The van der Waals surface area contributed by atoms with E-state index < -0.39 is 5.97 Å². The van der Waals surface area contributed by atoms with Crippen LogP contribution < -0.4 is 5.32 Å². The number of nitrogens with zero attached hydrogens (tertiary/aromatic N) is 1. The van der Waals surface area contributed by atoms with E-state index in [1.165, 1.54) is 0 Å². The van der Waals surface area contributed by atoms with Crippen LogP contribution in [0.15, 0.2) is 18.2 Å². The zero-order valence-electron chi connectivity index (χ0n) is 12.3. The minimum absolute atomic E-state index is 0.0425. The van der Waals surface area contributed by atoms with Crippen molar-refractivity contribution in [2.45, 2.75) is 25.9 Å². The summed E-state index contributed by atoms with van der Waals surface area (Å²) in [5, 5.41) is 12.0. The van der Waals surface area contributed by atoms with Crippen LogP contribution >= 0.6 is 0 Å². The zero-order valence-corrected chi connectivity index (χ0v) is 12.3. The van der Waals surface area contributed by atoms with E-state index in [2.05, 4.69) is 5.32 Å². The van der Waals surface area contributed by atoms with Gasteiger partial charge < -0.3 is 20.1 Å². The number of methoxy groups -OCH3 is 1. The molecule has 2 rings (SSSR count). The van der Waals surface area contributed by atoms with Gasteiger partial charge in [-0.3, -0.25) is 0 Å². The number of hydrogen-bond donors (Lipinski definition) is 2. The molecule has 2 N–H and O–H groups in total. The summed E-state index contributed by atoms with van der Waals surface area (Å²) in [6, 6.07) is 4.75. The van der Waals surface area contributed by atoms with Crippen LogP contribution in [0.2, 0.25) is 0 Å². The summed E-state index contributed by atoms with van der Waals surface area (Å²) in [5.41, 5.74) is 1.08. The third-order valence-corrected chi connectivity index (χ3v) is 3.73. The molecule has 0 radical (unpaired) electrons. The summed E-state index contributed by atoms with van der Waals surface area (Å²) >= 11 is 0. The van der Waals surface area contributed by atoms with Gasteiger partial charge in [0.1, 0.15) is 0 Å². The van der Waals surface area contributed by atoms with E-state index in [0.717, 1.165) is 12.8 Å². The van der Waals surface area contributed by atoms with Gasteiger partial charge >= 0.3 is 12.0 Å². The summed E-state index contributed by atoms with van der Waals surface area (Å²) < 4.78 is 5.29. The van der Waals surface area contributed by atoms with Crippen LogP contribution in [-0.2, 0) is 4.74 Å². The summed E-state index contributed by atoms with van der Waals surface area (Å²) in [6.07, 6.45) is 1.86. The fourth-order valence-electron chi connectivity index (χ4n) is 2.57. The van der Waals surface area contributed by atoms with Gasteiger partial charge in [-0.15, -0.1) is 0 Å². The molecule has 1 atom stereocenters. The molecule has 1 saturated heterocycles. The molecule has 1 unspecified atom stereocenters. The summed E-state index contributed by atoms with van der Waals surface area (Å²) in [4.78, 5) is 25.3. The van der Waals surface area contributed by atoms with Crippen LogP contribution in [0.4, 0.5) is 10.5 Å². The molecule has 1 aliphatic rings. The minimum Gasteiger partial charge on any atom is -0.478 e. The number of nitrogens with one attached hydrogen (secondary N) is 1. The van der Waals surface area contributed by atoms with Crippen LogP contribution in [0, 0.1) is 6.92 Å². The number of benzene rings is 1. The van der Waals surface area contributed by atoms with E-state index in [0.29, 0.717) is 24.3 Å². The monoisotopic (exact) mass is 292 g/mol. The third kappa shape index (κ3) is 3.52. The van der Waals surface area contributed by atoms with Gasteiger partial charge in [0.05, 0.1) is 17.4 Å². The Bertz CT molecular complexity index is 544. The predicted molar refractivity (Wildman–Crippen MR) is 78.8 cm³/mol. The zero-order chi connectivity index (χ0) is 15.4. The number of piperidine rings is 1. The van der Waals surface area contributed by atoms with E-state index in [1.807, 2.05) is 0 Å². The molecule has 2 amide bonds. The number of aryl methyl sites for hydroxylation is 1. The van der Waals surface area contributed by atoms with Crippen molar-refractivity contribution in [2.75, 3.05) is 25.5 Å². The Hall–Kier alpha value is -2.08. The van der Waals surface area contributed by atoms with Crippen molar-refractivity contribution in [1.82, 2.24) is 4.90 Å². The third-order valence-electron chi connectivity index (χ3n) is 3.73. The second kappa shape index (κ2) is 6.58. The number of urea groups is 1. The number of carboxylic acids is 1. The lowest BCUT2D eigenvalue weighted by Gasteiger charge is -2.32. The maximum Gasteiger partial charge on any atom is 0.338 e. The molecule has 1 aromatic rings. The van der Waals surface area contributed by atoms with Gasteiger partial charge in [-0.1, -0.05) is 12.1 Å². The first-order valence-corrected chi connectivity index (χ1v) is 6.94. The number of amides is 2. The van der Waals surface area contributed by atoms with Gasteiger partial charge in [-0.25, -0.2) is 9.59 Å². The fourth-order valence-corrected chi connectivity index (χ4v) is 2.57. The lowest BCUT2D eigenvalue weighted by molar-refractivity contribution is 0.0458. The highest BCUT2D eigenvalue weighted by molar-refractivity contribution is 6.01. The molecule has 0 spiro atoms. The topological polar surface area (TPSA) is 78.9 Å². The first kappa shape index (κ1) is 15.3. The van der Waals surface area contributed by atoms with Crippen LogP contribution in [0.5, 0.6) is 0 Å². The maximum absolute atomic E-state index is 12.3. The molecule has 0 bridgehead atoms. The molecular formula is C15H20N2O4. The number of rotatable bonds is 3. The minimum atomic E-state index is -1.04. The smallest absolute Gasteiger partial charge is 0.338 e. The van der Waals surface area contributed by atoms with E-state index >= 15 is 0 Å². The molecule has 1 aromatic carbocycles. The number of carbonyl (C=O) groups is 2. The van der Waals surface area contributed by atoms with Gasteiger partial charge in [0.25, 0.3) is 0 Å². The van der Waals surface area contributed by atoms with Gasteiger partial charge in [-0.05, 0) is 31.4 Å². The number of carbonyl (C=O) groups excluding carboxylic acids is 1. The Morgan fingerprint density at radius 1 is 1.43 bits per heavy atom. The first-order valence-electron chi connectivity index (χ1n) is 6.94. The Kier molecular flexibility index (Phi) is 4.80. The van der Waals surface area contributed by atoms with Crippen molar-refractivity contribution < 1.29 is 19.4 Å². The lowest BCUT2D eigenvalue weighted by Crippen LogP contribution is -2.45. The van der Waals surface area contributed by atoms with Gasteiger partial charge in [0, 0.05) is 20.2 Å². The van der Waals surface area contributed by atoms with E-state index in [4.69, 9.17) is 4.74 Å². The molecule has 0 saturated carbocycles. The Morgan fingerprint density at radius 3 is 2.86 bits per heavy atom. The highest BCUT2D eigenvalue weighted by Crippen LogP contribution is 2.21. The highest BCUT2D eigenvalue weighted by atomic mass is 16.5. The number of aromatic carboxylic acids is 1. The number of anilines is 1. The molecule has 21 heavy (non-hydrogen) atoms. The van der Waals surface area contributed by atoms with Crippen LogP contribution in [-0.4, -0.2) is 48.3 Å². The molecule has 1 aliphatic heterocycles. The number of likely N-dealkylation sites (tertiary alicyclic amines) is 1. The first-order chi connectivity index (χ1) is 10.0. The SMILES string of the molecule is COC1CCCN(C(=O)Nc2cccc(C)c2C(=O)O)C1. The normalized spacial score (nSPS) is 18.4. The van der Waals surface area contributed by atoms with Crippen LogP contribution in [0.3, 0.4) is 0 Å². The van der Waals surface area contributed by atoms with Crippen molar-refractivity contribution in [2.24, 2.45) is 0 Å². The molecule has 1 heterocycles. The molecule has 114 valence electrons. The van der Waals surface area contributed by atoms with Crippen LogP contribution in [0.25, 0.3) is 0 Å². The molecule has 0 aromatic heterocycles. The quantitative estimate of drug-likeness (QED) is 0.896. The summed E-state index contributed by atoms with van der Waals surface area (Å²) in [6.45, 7) is 2.89. The van der Waals surface area contributed by atoms with Crippen molar-refractivity contribution in [3.63, 3.8) is 0 Å². The largest absolute Gasteiger partial charge is 0.478 e. The van der Waals surface area contributed by atoms with Gasteiger partial charge in [0.2, 0.25) is 0 Å². The maximum atomic E-state index is 12.3. The van der Waals surface area contributed by atoms with Crippen molar-refractivity contribution in [3.8, 4) is 0 Å². The average molecular weight is 292 g/mol. The highest BCUT2D eigenvalue weighted by Gasteiger charge is 2.24. The average Bonchev–Trinajstić information content (AvgIpc) is 2.47. The second-order valence-electron chi connectivity index (χ2n) is 5.18. The van der Waals surface area contributed by atoms with Gasteiger partial charge in [0.15, 0.2) is 0 Å². The van der Waals surface area contributed by atoms with E-state index in [-0.39, 0.29) is 17.7 Å². The van der Waals surface area contributed by atoms with E-state index in [9.17, 15) is 14.7 Å². The predicted octanol–water partition coefficient (Wildman–Crippen LogP) is 2.34. The Balaban J connectivity index is 2.13. The summed E-state index contributed by atoms with van der Waals surface area (Å²) in [5.74, 6) is -1.04. The van der Waals surface area contributed by atoms with E-state index in [1.54, 1.807) is 37.1 Å². The fraction of sp³-hybridized carbons (Fsp3) is 0.467. The molecule has 6 nitrogen and oxygen atoms in total. The lowest BCUT2D eigenvalue weighted by atomic mass is 10.1. The number of carboxylic acid groups (broad SMARTS) is 1. The van der Waals surface area contributed by atoms with Crippen molar-refractivity contribution in [3.05, 3.63) is 29.3 Å². The van der Waals surface area contributed by atoms with Crippen molar-refractivity contribution >= 4 is 17.7 Å². The Morgan fingerprint density at radius 2 is 2.19 bits per heavy atom. The molecule has 0 aliphatic carbocycles. The number of ether oxygens (including phenoxy) is 1. The second-order valence-corrected chi connectivity index (χ2v) is 5.18. The molecule has 6 heteroatoms. The van der Waals surface area contributed by atoms with Gasteiger partial charge in [-0.2, -0.15) is 0 Å². The summed E-state index contributed by atoms with van der Waals surface area (Å²) in [7, 11) is 1.63. The number of hydrogen-bond acceptors (Lipinski definition) is 3. The van der Waals surface area contributed by atoms with Crippen LogP contribution in [0.1, 0.15) is 28.8 Å². The molecule has 1 fully saturated rings. The standard InChI is InChI=1S/C15H20N2O4/c1-10-5-3-7-12(13(10)14(18)19)16-15(20)17-8-4-6-11(9-17)21-2/h3,5,7,11H,4,6,8-9H2,1-2H3,(H,16,20)(H,18,19). The molecular weight excluding hydrogens is 272 g/mol. The Labute approximate surface area is 123 Å². The van der Waals surface area contributed by atoms with Crippen molar-refractivity contribution in [1.29, 1.82) is 0 Å².